The molecule has 4 rings (SSSR count). The fourth-order valence-corrected chi connectivity index (χ4v) is 4.97. The predicted octanol–water partition coefficient (Wildman–Crippen LogP) is 3.27. The molecule has 0 spiro atoms. The van der Waals surface area contributed by atoms with Crippen LogP contribution in [0.2, 0.25) is 0 Å². The zero-order valence-corrected chi connectivity index (χ0v) is 21.6. The number of carbonyl (C=O) groups is 2. The summed E-state index contributed by atoms with van der Waals surface area (Å²) in [5.41, 5.74) is 2.05. The van der Waals surface area contributed by atoms with Crippen LogP contribution in [0.1, 0.15) is 60.5 Å². The molecule has 2 N–H and O–H groups in total. The van der Waals surface area contributed by atoms with E-state index in [0.717, 1.165) is 38.0 Å². The van der Waals surface area contributed by atoms with Crippen molar-refractivity contribution in [2.75, 3.05) is 32.7 Å². The first-order valence-electron chi connectivity index (χ1n) is 13.2. The Morgan fingerprint density at radius 2 is 1.73 bits per heavy atom. The van der Waals surface area contributed by atoms with E-state index in [9.17, 15) is 14.0 Å². The number of halogens is 1. The molecule has 2 fully saturated rings. The molecule has 1 aliphatic heterocycles. The van der Waals surface area contributed by atoms with Gasteiger partial charge < -0.3 is 15.5 Å². The zero-order valence-electron chi connectivity index (χ0n) is 21.6. The van der Waals surface area contributed by atoms with Gasteiger partial charge in [0.15, 0.2) is 0 Å². The van der Waals surface area contributed by atoms with E-state index in [4.69, 9.17) is 5.26 Å². The van der Waals surface area contributed by atoms with Gasteiger partial charge in [-0.05, 0) is 81.6 Å². The van der Waals surface area contributed by atoms with Crippen LogP contribution >= 0.6 is 0 Å². The van der Waals surface area contributed by atoms with Crippen LogP contribution in [0, 0.1) is 17.1 Å². The SMILES string of the molecule is CC(C)N1CCN(C(=O)[C@H](CCCNC2C[C@H]2c2ccc(F)cc2)NC(=O)c2ccc(C#N)cc2)CC1. The van der Waals surface area contributed by atoms with Crippen LogP contribution in [0.15, 0.2) is 48.5 Å². The van der Waals surface area contributed by atoms with Crippen molar-refractivity contribution in [3.05, 3.63) is 71.0 Å². The predicted molar refractivity (Wildman–Crippen MR) is 140 cm³/mol. The normalized spacial score (nSPS) is 20.4. The Labute approximate surface area is 218 Å². The number of nitriles is 1. The van der Waals surface area contributed by atoms with Gasteiger partial charge in [0.25, 0.3) is 5.91 Å². The fraction of sp³-hybridized carbons (Fsp3) is 0.483. The Bertz CT molecular complexity index is 1100. The van der Waals surface area contributed by atoms with Gasteiger partial charge in [-0.1, -0.05) is 12.1 Å². The van der Waals surface area contributed by atoms with E-state index in [1.54, 1.807) is 24.3 Å². The van der Waals surface area contributed by atoms with Crippen molar-refractivity contribution in [2.45, 2.75) is 57.2 Å². The topological polar surface area (TPSA) is 88.5 Å². The summed E-state index contributed by atoms with van der Waals surface area (Å²) in [6, 6.07) is 15.4. The maximum absolute atomic E-state index is 13.4. The Morgan fingerprint density at radius 3 is 2.35 bits per heavy atom. The van der Waals surface area contributed by atoms with Gasteiger partial charge in [-0.25, -0.2) is 4.39 Å². The van der Waals surface area contributed by atoms with E-state index < -0.39 is 6.04 Å². The average molecular weight is 506 g/mol. The summed E-state index contributed by atoms with van der Waals surface area (Å²) in [5.74, 6) is -0.180. The largest absolute Gasteiger partial charge is 0.340 e. The van der Waals surface area contributed by atoms with Crippen molar-refractivity contribution >= 4 is 11.8 Å². The van der Waals surface area contributed by atoms with Gasteiger partial charge >= 0.3 is 0 Å². The molecular formula is C29H36FN5O2. The molecule has 2 aromatic rings. The van der Waals surface area contributed by atoms with E-state index in [1.807, 2.05) is 17.0 Å². The van der Waals surface area contributed by atoms with Crippen LogP contribution in [0.5, 0.6) is 0 Å². The van der Waals surface area contributed by atoms with Crippen molar-refractivity contribution in [3.63, 3.8) is 0 Å². The fourth-order valence-electron chi connectivity index (χ4n) is 4.97. The number of amides is 2. The number of benzene rings is 2. The van der Waals surface area contributed by atoms with E-state index in [1.165, 1.54) is 12.1 Å². The minimum atomic E-state index is -0.609. The third-order valence-corrected chi connectivity index (χ3v) is 7.40. The third-order valence-electron chi connectivity index (χ3n) is 7.40. The Balaban J connectivity index is 1.32. The van der Waals surface area contributed by atoms with Gasteiger partial charge in [0, 0.05) is 49.7 Å². The lowest BCUT2D eigenvalue weighted by Crippen LogP contribution is -2.56. The summed E-state index contributed by atoms with van der Waals surface area (Å²) < 4.78 is 13.2. The maximum atomic E-state index is 13.4. The number of nitrogens with zero attached hydrogens (tertiary/aromatic N) is 3. The summed E-state index contributed by atoms with van der Waals surface area (Å²) in [4.78, 5) is 30.6. The van der Waals surface area contributed by atoms with E-state index >= 15 is 0 Å². The molecule has 0 radical (unpaired) electrons. The van der Waals surface area contributed by atoms with Crippen LogP contribution in [-0.4, -0.2) is 72.5 Å². The standard InChI is InChI=1S/C29H36FN5O2/c1-20(2)34-14-16-35(17-15-34)29(37)26(33-28(36)23-7-5-21(19-31)6-8-23)4-3-13-32-27-18-25(27)22-9-11-24(30)12-10-22/h5-12,20,25-27,32H,3-4,13-18H2,1-2H3,(H,33,36)/t25-,26-,27?/m0/s1. The van der Waals surface area contributed by atoms with Gasteiger partial charge in [-0.15, -0.1) is 0 Å². The molecule has 1 unspecified atom stereocenters. The highest BCUT2D eigenvalue weighted by molar-refractivity contribution is 5.97. The molecule has 2 amide bonds. The van der Waals surface area contributed by atoms with E-state index in [0.29, 0.717) is 48.6 Å². The number of rotatable bonds is 10. The van der Waals surface area contributed by atoms with Crippen LogP contribution in [0.3, 0.4) is 0 Å². The molecule has 3 atom stereocenters. The first kappa shape index (κ1) is 26.8. The van der Waals surface area contributed by atoms with Gasteiger partial charge in [-0.3, -0.25) is 14.5 Å². The van der Waals surface area contributed by atoms with Crippen molar-refractivity contribution in [3.8, 4) is 6.07 Å². The summed E-state index contributed by atoms with van der Waals surface area (Å²) in [6.07, 6.45) is 2.29. The van der Waals surface area contributed by atoms with Crippen molar-refractivity contribution in [1.29, 1.82) is 5.26 Å². The summed E-state index contributed by atoms with van der Waals surface area (Å²) in [7, 11) is 0. The molecule has 8 heteroatoms. The Kier molecular flexibility index (Phi) is 8.91. The quantitative estimate of drug-likeness (QED) is 0.484. The molecule has 0 bridgehead atoms. The minimum Gasteiger partial charge on any atom is -0.340 e. The number of nitrogens with one attached hydrogen (secondary N) is 2. The lowest BCUT2D eigenvalue weighted by molar-refractivity contribution is -0.135. The zero-order chi connectivity index (χ0) is 26.4. The summed E-state index contributed by atoms with van der Waals surface area (Å²) in [6.45, 7) is 8.01. The minimum absolute atomic E-state index is 0.0407. The highest BCUT2D eigenvalue weighted by atomic mass is 19.1. The van der Waals surface area contributed by atoms with Gasteiger partial charge in [0.2, 0.25) is 5.91 Å². The molecule has 2 aliphatic rings. The molecule has 7 nitrogen and oxygen atoms in total. The highest BCUT2D eigenvalue weighted by Crippen LogP contribution is 2.40. The molecule has 2 aromatic carbocycles. The lowest BCUT2D eigenvalue weighted by Gasteiger charge is -2.38. The van der Waals surface area contributed by atoms with Crippen LogP contribution in [-0.2, 0) is 4.79 Å². The third kappa shape index (κ3) is 7.15. The number of carbonyl (C=O) groups excluding carboxylic acids is 2. The second-order valence-electron chi connectivity index (χ2n) is 10.3. The number of hydrogen-bond acceptors (Lipinski definition) is 5. The maximum Gasteiger partial charge on any atom is 0.251 e. The van der Waals surface area contributed by atoms with Crippen molar-refractivity contribution in [1.82, 2.24) is 20.4 Å². The van der Waals surface area contributed by atoms with Crippen LogP contribution < -0.4 is 10.6 Å². The second-order valence-corrected chi connectivity index (χ2v) is 10.3. The van der Waals surface area contributed by atoms with E-state index in [2.05, 4.69) is 35.5 Å². The monoisotopic (exact) mass is 505 g/mol. The molecule has 1 saturated heterocycles. The molecule has 37 heavy (non-hydrogen) atoms. The molecule has 1 saturated carbocycles. The lowest BCUT2D eigenvalue weighted by atomic mass is 10.1. The van der Waals surface area contributed by atoms with Crippen molar-refractivity contribution < 1.29 is 14.0 Å². The summed E-state index contributed by atoms with van der Waals surface area (Å²) in [5, 5.41) is 15.5. The van der Waals surface area contributed by atoms with E-state index in [-0.39, 0.29) is 17.6 Å². The average Bonchev–Trinajstić information content (AvgIpc) is 3.70. The van der Waals surface area contributed by atoms with Gasteiger partial charge in [0.05, 0.1) is 11.6 Å². The number of hydrogen-bond donors (Lipinski definition) is 2. The highest BCUT2D eigenvalue weighted by Gasteiger charge is 2.37. The Morgan fingerprint density at radius 1 is 1.05 bits per heavy atom. The van der Waals surface area contributed by atoms with Gasteiger partial charge in [-0.2, -0.15) is 5.26 Å². The van der Waals surface area contributed by atoms with Crippen molar-refractivity contribution in [2.24, 2.45) is 0 Å². The van der Waals surface area contributed by atoms with Gasteiger partial charge in [0.1, 0.15) is 11.9 Å². The first-order valence-corrected chi connectivity index (χ1v) is 13.2. The van der Waals surface area contributed by atoms with Crippen LogP contribution in [0.4, 0.5) is 4.39 Å². The Hall–Kier alpha value is -3.28. The molecule has 1 aliphatic carbocycles. The molecule has 1 heterocycles. The smallest absolute Gasteiger partial charge is 0.251 e. The molecule has 196 valence electrons. The first-order chi connectivity index (χ1) is 17.9. The molecule has 0 aromatic heterocycles. The second kappa shape index (κ2) is 12.3. The molecular weight excluding hydrogens is 469 g/mol. The van der Waals surface area contributed by atoms with Crippen LogP contribution in [0.25, 0.3) is 0 Å². The summed E-state index contributed by atoms with van der Waals surface area (Å²) >= 11 is 0. The number of piperazine rings is 1.